The first-order valence-corrected chi connectivity index (χ1v) is 14.8. The summed E-state index contributed by atoms with van der Waals surface area (Å²) in [4.78, 5) is 8.95. The molecule has 2 aromatic carbocycles. The van der Waals surface area contributed by atoms with E-state index in [1.807, 2.05) is 11.3 Å². The number of likely N-dealkylation sites (tertiary alicyclic amines) is 1. The third kappa shape index (κ3) is 4.85. The van der Waals surface area contributed by atoms with E-state index < -0.39 is 0 Å². The Morgan fingerprint density at radius 2 is 1.81 bits per heavy atom. The van der Waals surface area contributed by atoms with Crippen molar-refractivity contribution in [3.05, 3.63) is 58.1 Å². The topological polar surface area (TPSA) is 57.6 Å². The quantitative estimate of drug-likeness (QED) is 0.391. The van der Waals surface area contributed by atoms with E-state index in [0.29, 0.717) is 0 Å². The van der Waals surface area contributed by atoms with Crippen LogP contribution in [0.15, 0.2) is 36.4 Å². The highest BCUT2D eigenvalue weighted by Gasteiger charge is 2.47. The maximum Gasteiger partial charge on any atom is 0.124 e. The number of aliphatic hydroxyl groups is 1. The minimum atomic E-state index is -0.0539. The lowest BCUT2D eigenvalue weighted by Gasteiger charge is -2.51. The summed E-state index contributed by atoms with van der Waals surface area (Å²) in [7, 11) is 0. The van der Waals surface area contributed by atoms with Crippen molar-refractivity contribution in [1.82, 2.24) is 15.2 Å². The van der Waals surface area contributed by atoms with Crippen molar-refractivity contribution in [2.45, 2.75) is 65.0 Å². The highest BCUT2D eigenvalue weighted by atomic mass is 32.1. The van der Waals surface area contributed by atoms with Crippen LogP contribution in [0.25, 0.3) is 21.7 Å². The van der Waals surface area contributed by atoms with Crippen molar-refractivity contribution in [2.24, 2.45) is 5.41 Å². The van der Waals surface area contributed by atoms with E-state index in [-0.39, 0.29) is 11.5 Å². The minimum absolute atomic E-state index is 0.0539. The summed E-state index contributed by atoms with van der Waals surface area (Å²) < 4.78 is 6.31. The van der Waals surface area contributed by atoms with Gasteiger partial charge in [-0.3, -0.25) is 0 Å². The van der Waals surface area contributed by atoms with E-state index >= 15 is 0 Å². The predicted octanol–water partition coefficient (Wildman–Crippen LogP) is 5.75. The molecule has 1 aromatic heterocycles. The van der Waals surface area contributed by atoms with Crippen LogP contribution in [0, 0.1) is 19.3 Å². The number of benzene rings is 2. The zero-order chi connectivity index (χ0) is 25.4. The molecule has 1 saturated carbocycles. The van der Waals surface area contributed by atoms with Crippen LogP contribution in [-0.4, -0.2) is 53.9 Å². The van der Waals surface area contributed by atoms with E-state index in [4.69, 9.17) is 9.72 Å². The van der Waals surface area contributed by atoms with Crippen molar-refractivity contribution < 1.29 is 9.84 Å². The molecule has 5 nitrogen and oxygen atoms in total. The Morgan fingerprint density at radius 1 is 1.05 bits per heavy atom. The average molecular weight is 518 g/mol. The van der Waals surface area contributed by atoms with Crippen molar-refractivity contribution in [3.63, 3.8) is 0 Å². The van der Waals surface area contributed by atoms with Gasteiger partial charge < -0.3 is 20.1 Å². The molecule has 0 radical (unpaired) electrons. The maximum atomic E-state index is 10.2. The summed E-state index contributed by atoms with van der Waals surface area (Å²) in [5.74, 6) is 0.980. The summed E-state index contributed by atoms with van der Waals surface area (Å²) in [5.41, 5.74) is 7.67. The van der Waals surface area contributed by atoms with Crippen molar-refractivity contribution in [1.29, 1.82) is 0 Å². The largest absolute Gasteiger partial charge is 0.493 e. The molecule has 0 bridgehead atoms. The molecule has 1 saturated heterocycles. The number of thiazole rings is 1. The SMILES string of the molecule is Cc1c(OCCCN2CCC3(CCC3O)CC2)cccc1-c1cccc(-c2nc3c(s2)CCNC3)c1C. The Balaban J connectivity index is 1.10. The van der Waals surface area contributed by atoms with Gasteiger partial charge in [-0.15, -0.1) is 11.3 Å². The third-order valence-corrected chi connectivity index (χ3v) is 10.3. The summed E-state index contributed by atoms with van der Waals surface area (Å²) >= 11 is 1.85. The molecule has 1 spiro atoms. The number of ether oxygens (including phenoxy) is 1. The van der Waals surface area contributed by atoms with Crippen LogP contribution in [0.3, 0.4) is 0 Å². The van der Waals surface area contributed by atoms with Gasteiger partial charge in [-0.05, 0) is 99.2 Å². The van der Waals surface area contributed by atoms with Gasteiger partial charge in [0, 0.05) is 30.1 Å². The normalized spacial score (nSPS) is 21.0. The van der Waals surface area contributed by atoms with Crippen LogP contribution in [0.1, 0.15) is 53.8 Å². The Kier molecular flexibility index (Phi) is 7.10. The van der Waals surface area contributed by atoms with Crippen molar-refractivity contribution in [3.8, 4) is 27.4 Å². The smallest absolute Gasteiger partial charge is 0.124 e. The van der Waals surface area contributed by atoms with Gasteiger partial charge in [0.2, 0.25) is 0 Å². The fraction of sp³-hybridized carbons (Fsp3) is 0.516. The summed E-state index contributed by atoms with van der Waals surface area (Å²) in [6.07, 6.45) is 6.56. The van der Waals surface area contributed by atoms with Crippen LogP contribution in [0.2, 0.25) is 0 Å². The Hall–Kier alpha value is -2.25. The van der Waals surface area contributed by atoms with Gasteiger partial charge in [-0.1, -0.05) is 30.3 Å². The van der Waals surface area contributed by atoms with Gasteiger partial charge in [-0.25, -0.2) is 4.98 Å². The fourth-order valence-electron chi connectivity index (χ4n) is 6.42. The molecule has 6 heteroatoms. The van der Waals surface area contributed by atoms with Crippen LogP contribution in [0.5, 0.6) is 5.75 Å². The Bertz CT molecular complexity index is 1240. The number of piperidine rings is 1. The maximum absolute atomic E-state index is 10.2. The standard InChI is InChI=1S/C31H39N3O2S/c1-21-23(6-3-8-25(21)30-33-26-20-32-15-11-28(26)37-30)24-7-4-9-27(22(24)2)36-19-5-16-34-17-13-31(14-18-34)12-10-29(31)35/h3-4,6-9,29,32,35H,5,10-20H2,1-2H3. The number of rotatable bonds is 7. The molecule has 0 amide bonds. The van der Waals surface area contributed by atoms with Crippen LogP contribution >= 0.6 is 11.3 Å². The van der Waals surface area contributed by atoms with Gasteiger partial charge in [0.15, 0.2) is 0 Å². The molecule has 196 valence electrons. The molecule has 6 rings (SSSR count). The zero-order valence-corrected chi connectivity index (χ0v) is 23.0. The fourth-order valence-corrected chi connectivity index (χ4v) is 7.58. The van der Waals surface area contributed by atoms with E-state index in [1.165, 1.54) is 44.8 Å². The Labute approximate surface area is 224 Å². The van der Waals surface area contributed by atoms with E-state index in [1.54, 1.807) is 0 Å². The Morgan fingerprint density at radius 3 is 2.54 bits per heavy atom. The molecule has 1 unspecified atom stereocenters. The lowest BCUT2D eigenvalue weighted by atomic mass is 9.61. The molecular formula is C31H39N3O2S. The molecule has 2 aliphatic heterocycles. The summed E-state index contributed by atoms with van der Waals surface area (Å²) in [5, 5.41) is 14.7. The van der Waals surface area contributed by atoms with Gasteiger partial charge in [0.1, 0.15) is 10.8 Å². The second-order valence-corrected chi connectivity index (χ2v) is 12.3. The molecule has 1 atom stereocenters. The lowest BCUT2D eigenvalue weighted by Crippen LogP contribution is -2.52. The first-order chi connectivity index (χ1) is 18.0. The molecule has 3 aliphatic rings. The van der Waals surface area contributed by atoms with E-state index in [2.05, 4.69) is 60.5 Å². The highest BCUT2D eigenvalue weighted by molar-refractivity contribution is 7.15. The molecule has 3 heterocycles. The second kappa shape index (κ2) is 10.5. The monoisotopic (exact) mass is 517 g/mol. The number of hydrogen-bond donors (Lipinski definition) is 2. The number of fused-ring (bicyclic) bond motifs is 1. The third-order valence-electron chi connectivity index (χ3n) is 9.09. The van der Waals surface area contributed by atoms with E-state index in [0.717, 1.165) is 82.2 Å². The van der Waals surface area contributed by atoms with Gasteiger partial charge in [0.25, 0.3) is 0 Å². The molecule has 2 N–H and O–H groups in total. The zero-order valence-electron chi connectivity index (χ0n) is 22.2. The van der Waals surface area contributed by atoms with Gasteiger partial charge in [0.05, 0.1) is 18.4 Å². The first-order valence-electron chi connectivity index (χ1n) is 14.0. The van der Waals surface area contributed by atoms with Gasteiger partial charge >= 0.3 is 0 Å². The van der Waals surface area contributed by atoms with Crippen LogP contribution in [0.4, 0.5) is 0 Å². The van der Waals surface area contributed by atoms with Crippen molar-refractivity contribution in [2.75, 3.05) is 32.8 Å². The molecule has 3 aromatic rings. The highest BCUT2D eigenvalue weighted by Crippen LogP contribution is 2.49. The predicted molar refractivity (Wildman–Crippen MR) is 151 cm³/mol. The average Bonchev–Trinajstić information content (AvgIpc) is 3.36. The number of aromatic nitrogens is 1. The lowest BCUT2D eigenvalue weighted by molar-refractivity contribution is -0.0994. The van der Waals surface area contributed by atoms with Crippen molar-refractivity contribution >= 4 is 11.3 Å². The number of nitrogens with zero attached hydrogens (tertiary/aromatic N) is 2. The molecule has 37 heavy (non-hydrogen) atoms. The molecular weight excluding hydrogens is 478 g/mol. The minimum Gasteiger partial charge on any atom is -0.493 e. The van der Waals surface area contributed by atoms with Crippen LogP contribution in [-0.2, 0) is 13.0 Å². The number of aliphatic hydroxyl groups excluding tert-OH is 1. The first kappa shape index (κ1) is 25.1. The molecule has 2 fully saturated rings. The van der Waals surface area contributed by atoms with Crippen LogP contribution < -0.4 is 10.1 Å². The number of nitrogens with one attached hydrogen (secondary N) is 1. The number of hydrogen-bond acceptors (Lipinski definition) is 6. The second-order valence-electron chi connectivity index (χ2n) is 11.2. The summed E-state index contributed by atoms with van der Waals surface area (Å²) in [6, 6.07) is 13.0. The molecule has 1 aliphatic carbocycles. The van der Waals surface area contributed by atoms with Gasteiger partial charge in [-0.2, -0.15) is 0 Å². The van der Waals surface area contributed by atoms with E-state index in [9.17, 15) is 5.11 Å². The summed E-state index contributed by atoms with van der Waals surface area (Å²) in [6.45, 7) is 10.3.